The van der Waals surface area contributed by atoms with Gasteiger partial charge in [0.15, 0.2) is 5.96 Å². The molecule has 2 aromatic rings. The molecule has 0 heterocycles. The standard InChI is InChI=1S/C19H26N4.HI/c1-15(2)16-8-6-11-18(14-16)23-19(20)22-13-7-12-21-17-9-4-3-5-10-17;/h3-6,8-11,14-15,21H,7,12-13H2,1-2H3,(H3,20,22,23);1H. The molecule has 0 saturated carbocycles. The summed E-state index contributed by atoms with van der Waals surface area (Å²) < 4.78 is 0. The van der Waals surface area contributed by atoms with Gasteiger partial charge in [0.1, 0.15) is 0 Å². The Balaban J connectivity index is 0.00000288. The molecule has 2 rings (SSSR count). The van der Waals surface area contributed by atoms with E-state index in [4.69, 9.17) is 5.73 Å². The second kappa shape index (κ2) is 10.9. The Morgan fingerprint density at radius 2 is 1.75 bits per heavy atom. The van der Waals surface area contributed by atoms with Crippen LogP contribution in [0.3, 0.4) is 0 Å². The minimum atomic E-state index is 0. The molecular weight excluding hydrogens is 411 g/mol. The van der Waals surface area contributed by atoms with Gasteiger partial charge in [-0.25, -0.2) is 0 Å². The molecular formula is C19H27IN4. The second-order valence-corrected chi connectivity index (χ2v) is 5.82. The number of halogens is 1. The monoisotopic (exact) mass is 438 g/mol. The maximum atomic E-state index is 5.94. The van der Waals surface area contributed by atoms with E-state index in [0.717, 1.165) is 24.3 Å². The summed E-state index contributed by atoms with van der Waals surface area (Å²) in [4.78, 5) is 4.37. The Morgan fingerprint density at radius 1 is 1.04 bits per heavy atom. The lowest BCUT2D eigenvalue weighted by atomic mass is 10.0. The molecule has 0 aromatic heterocycles. The third-order valence-corrected chi connectivity index (χ3v) is 3.55. The van der Waals surface area contributed by atoms with Gasteiger partial charge in [-0.2, -0.15) is 0 Å². The fourth-order valence-corrected chi connectivity index (χ4v) is 2.23. The molecule has 0 aliphatic heterocycles. The number of nitrogens with zero attached hydrogens (tertiary/aromatic N) is 1. The number of rotatable bonds is 7. The van der Waals surface area contributed by atoms with E-state index in [1.165, 1.54) is 5.56 Å². The van der Waals surface area contributed by atoms with Gasteiger partial charge in [0.05, 0.1) is 0 Å². The highest BCUT2D eigenvalue weighted by atomic mass is 127. The number of para-hydroxylation sites is 1. The zero-order valence-electron chi connectivity index (χ0n) is 14.3. The Bertz CT molecular complexity index is 626. The first-order valence-electron chi connectivity index (χ1n) is 8.11. The number of nitrogens with one attached hydrogen (secondary N) is 2. The molecule has 4 nitrogen and oxygen atoms in total. The molecule has 0 amide bonds. The fourth-order valence-electron chi connectivity index (χ4n) is 2.23. The predicted octanol–water partition coefficient (Wildman–Crippen LogP) is 4.66. The van der Waals surface area contributed by atoms with Crippen molar-refractivity contribution in [3.63, 3.8) is 0 Å². The highest BCUT2D eigenvalue weighted by Gasteiger charge is 2.01. The Kier molecular flexibility index (Phi) is 9.22. The number of aliphatic imine (C=N–C) groups is 1. The maximum Gasteiger partial charge on any atom is 0.193 e. The molecule has 0 aliphatic rings. The third-order valence-electron chi connectivity index (χ3n) is 3.55. The first-order chi connectivity index (χ1) is 11.1. The number of anilines is 2. The van der Waals surface area contributed by atoms with Crippen molar-refractivity contribution in [3.8, 4) is 0 Å². The fraction of sp³-hybridized carbons (Fsp3) is 0.316. The van der Waals surface area contributed by atoms with E-state index in [2.05, 4.69) is 53.7 Å². The van der Waals surface area contributed by atoms with Crippen molar-refractivity contribution < 1.29 is 0 Å². The van der Waals surface area contributed by atoms with Crippen LogP contribution in [0.25, 0.3) is 0 Å². The van der Waals surface area contributed by atoms with Crippen LogP contribution in [0.5, 0.6) is 0 Å². The Hall–Kier alpha value is -1.76. The van der Waals surface area contributed by atoms with Crippen molar-refractivity contribution in [3.05, 3.63) is 60.2 Å². The summed E-state index contributed by atoms with van der Waals surface area (Å²) in [5.74, 6) is 0.963. The summed E-state index contributed by atoms with van der Waals surface area (Å²) in [6.45, 7) is 5.93. The smallest absolute Gasteiger partial charge is 0.193 e. The van der Waals surface area contributed by atoms with Crippen LogP contribution in [0.15, 0.2) is 59.6 Å². The predicted molar refractivity (Wildman–Crippen MR) is 116 cm³/mol. The van der Waals surface area contributed by atoms with Crippen LogP contribution >= 0.6 is 24.0 Å². The lowest BCUT2D eigenvalue weighted by molar-refractivity contribution is 0.866. The van der Waals surface area contributed by atoms with Gasteiger partial charge < -0.3 is 16.4 Å². The molecule has 0 saturated heterocycles. The Morgan fingerprint density at radius 3 is 2.46 bits per heavy atom. The third kappa shape index (κ3) is 7.21. The molecule has 5 heteroatoms. The molecule has 24 heavy (non-hydrogen) atoms. The molecule has 4 N–H and O–H groups in total. The van der Waals surface area contributed by atoms with Gasteiger partial charge in [0, 0.05) is 24.5 Å². The number of hydrogen-bond acceptors (Lipinski definition) is 2. The molecule has 130 valence electrons. The Labute approximate surface area is 162 Å². The van der Waals surface area contributed by atoms with Gasteiger partial charge in [-0.05, 0) is 42.2 Å². The van der Waals surface area contributed by atoms with Crippen LogP contribution in [-0.4, -0.2) is 19.0 Å². The summed E-state index contributed by atoms with van der Waals surface area (Å²) in [5, 5.41) is 6.51. The van der Waals surface area contributed by atoms with E-state index < -0.39 is 0 Å². The van der Waals surface area contributed by atoms with Crippen molar-refractivity contribution in [1.29, 1.82) is 0 Å². The van der Waals surface area contributed by atoms with E-state index in [0.29, 0.717) is 18.4 Å². The van der Waals surface area contributed by atoms with Crippen molar-refractivity contribution in [2.45, 2.75) is 26.2 Å². The van der Waals surface area contributed by atoms with E-state index in [9.17, 15) is 0 Å². The molecule has 0 radical (unpaired) electrons. The van der Waals surface area contributed by atoms with Crippen LogP contribution in [0.4, 0.5) is 11.4 Å². The average Bonchev–Trinajstić information content (AvgIpc) is 2.55. The normalized spacial score (nSPS) is 11.0. The zero-order chi connectivity index (χ0) is 16.5. The summed E-state index contributed by atoms with van der Waals surface area (Å²) in [7, 11) is 0. The van der Waals surface area contributed by atoms with Gasteiger partial charge in [0.2, 0.25) is 0 Å². The largest absolute Gasteiger partial charge is 0.385 e. The van der Waals surface area contributed by atoms with Gasteiger partial charge in [-0.1, -0.05) is 44.2 Å². The van der Waals surface area contributed by atoms with Crippen LogP contribution < -0.4 is 16.4 Å². The molecule has 2 aromatic carbocycles. The minimum absolute atomic E-state index is 0. The quantitative estimate of drug-likeness (QED) is 0.255. The highest BCUT2D eigenvalue weighted by Crippen LogP contribution is 2.18. The van der Waals surface area contributed by atoms with Gasteiger partial charge in [-0.15, -0.1) is 24.0 Å². The van der Waals surface area contributed by atoms with Crippen LogP contribution in [0, 0.1) is 0 Å². The van der Waals surface area contributed by atoms with Crippen molar-refractivity contribution in [2.24, 2.45) is 10.7 Å². The number of hydrogen-bond donors (Lipinski definition) is 3. The lowest BCUT2D eigenvalue weighted by Crippen LogP contribution is -2.23. The van der Waals surface area contributed by atoms with Crippen LogP contribution in [0.2, 0.25) is 0 Å². The van der Waals surface area contributed by atoms with Crippen LogP contribution in [-0.2, 0) is 0 Å². The van der Waals surface area contributed by atoms with Gasteiger partial charge in [-0.3, -0.25) is 4.99 Å². The number of benzene rings is 2. The number of guanidine groups is 1. The topological polar surface area (TPSA) is 62.4 Å². The van der Waals surface area contributed by atoms with Crippen molar-refractivity contribution in [1.82, 2.24) is 0 Å². The molecule has 0 atom stereocenters. The average molecular weight is 438 g/mol. The molecule has 0 unspecified atom stereocenters. The molecule has 0 spiro atoms. The van der Waals surface area contributed by atoms with Crippen molar-refractivity contribution >= 4 is 41.3 Å². The number of nitrogens with two attached hydrogens (primary N) is 1. The van der Waals surface area contributed by atoms with E-state index in [1.54, 1.807) is 0 Å². The maximum absolute atomic E-state index is 5.94. The van der Waals surface area contributed by atoms with E-state index >= 15 is 0 Å². The lowest BCUT2D eigenvalue weighted by Gasteiger charge is -2.10. The summed E-state index contributed by atoms with van der Waals surface area (Å²) in [6, 6.07) is 18.4. The summed E-state index contributed by atoms with van der Waals surface area (Å²) in [6.07, 6.45) is 0.934. The van der Waals surface area contributed by atoms with E-state index in [-0.39, 0.29) is 24.0 Å². The zero-order valence-corrected chi connectivity index (χ0v) is 16.7. The van der Waals surface area contributed by atoms with Crippen LogP contribution in [0.1, 0.15) is 31.7 Å². The second-order valence-electron chi connectivity index (χ2n) is 5.82. The summed E-state index contributed by atoms with van der Waals surface area (Å²) in [5.41, 5.74) is 9.35. The molecule has 0 fully saturated rings. The minimum Gasteiger partial charge on any atom is -0.385 e. The van der Waals surface area contributed by atoms with Crippen molar-refractivity contribution in [2.75, 3.05) is 23.7 Å². The molecule has 0 aliphatic carbocycles. The first kappa shape index (κ1) is 20.3. The van der Waals surface area contributed by atoms with Gasteiger partial charge in [0.25, 0.3) is 0 Å². The summed E-state index contributed by atoms with van der Waals surface area (Å²) >= 11 is 0. The van der Waals surface area contributed by atoms with E-state index in [1.807, 2.05) is 30.3 Å². The molecule has 0 bridgehead atoms. The highest BCUT2D eigenvalue weighted by molar-refractivity contribution is 14.0. The SMILES string of the molecule is CC(C)c1cccc(NC(N)=NCCCNc2ccccc2)c1.I. The first-order valence-corrected chi connectivity index (χ1v) is 8.11. The van der Waals surface area contributed by atoms with Gasteiger partial charge >= 0.3 is 0 Å².